The molecule has 0 aliphatic carbocycles. The third-order valence-electron chi connectivity index (χ3n) is 5.27. The highest BCUT2D eigenvalue weighted by Gasteiger charge is 2.24. The Kier molecular flexibility index (Phi) is 7.10. The molecular weight excluding hydrogens is 442 g/mol. The molecule has 0 saturated carbocycles. The third kappa shape index (κ3) is 6.44. The number of rotatable bonds is 7. The predicted molar refractivity (Wildman–Crippen MR) is 134 cm³/mol. The van der Waals surface area contributed by atoms with Crippen molar-refractivity contribution >= 4 is 23.0 Å². The summed E-state index contributed by atoms with van der Waals surface area (Å²) in [5.74, 6) is 0.437. The standard InChI is InChI=1S/C27H29N5O3/c1-27(2,3)35-26(34)31-22(15-19-9-5-4-6-10-19)25(33)29-17-20-13-14-24(28-16-20)32-18-30-21-11-7-8-12-23(21)32/h4-14,16,18,22H,15,17H2,1-3H3,(H,29,33)(H,31,34). The molecule has 2 aromatic carbocycles. The van der Waals surface area contributed by atoms with Crippen LogP contribution >= 0.6 is 0 Å². The molecule has 2 amide bonds. The van der Waals surface area contributed by atoms with E-state index < -0.39 is 17.7 Å². The van der Waals surface area contributed by atoms with Gasteiger partial charge in [0.05, 0.1) is 11.0 Å². The van der Waals surface area contributed by atoms with Crippen LogP contribution in [0.1, 0.15) is 31.9 Å². The molecule has 0 radical (unpaired) electrons. The van der Waals surface area contributed by atoms with Crippen molar-refractivity contribution in [2.75, 3.05) is 0 Å². The van der Waals surface area contributed by atoms with Crippen LogP contribution in [-0.2, 0) is 22.5 Å². The lowest BCUT2D eigenvalue weighted by molar-refractivity contribution is -0.123. The van der Waals surface area contributed by atoms with Gasteiger partial charge in [-0.3, -0.25) is 9.36 Å². The van der Waals surface area contributed by atoms with E-state index in [2.05, 4.69) is 20.6 Å². The first-order valence-corrected chi connectivity index (χ1v) is 11.5. The van der Waals surface area contributed by atoms with Gasteiger partial charge in [0.25, 0.3) is 0 Å². The minimum absolute atomic E-state index is 0.276. The van der Waals surface area contributed by atoms with Crippen LogP contribution in [0.5, 0.6) is 0 Å². The monoisotopic (exact) mass is 471 g/mol. The number of para-hydroxylation sites is 2. The van der Waals surface area contributed by atoms with Gasteiger partial charge in [-0.05, 0) is 50.1 Å². The zero-order chi connectivity index (χ0) is 24.8. The van der Waals surface area contributed by atoms with Gasteiger partial charge in [0, 0.05) is 19.2 Å². The first kappa shape index (κ1) is 23.9. The van der Waals surface area contributed by atoms with Crippen LogP contribution in [0.3, 0.4) is 0 Å². The molecule has 8 heteroatoms. The Morgan fingerprint density at radius 2 is 1.69 bits per heavy atom. The lowest BCUT2D eigenvalue weighted by atomic mass is 10.1. The number of nitrogens with one attached hydrogen (secondary N) is 2. The summed E-state index contributed by atoms with van der Waals surface area (Å²) in [5.41, 5.74) is 2.97. The summed E-state index contributed by atoms with van der Waals surface area (Å²) in [5, 5.41) is 5.61. The number of imidazole rings is 1. The van der Waals surface area contributed by atoms with Crippen LogP contribution in [0.25, 0.3) is 16.9 Å². The SMILES string of the molecule is CC(C)(C)OC(=O)NC(Cc1ccccc1)C(=O)NCc1ccc(-n2cnc3ccccc32)nc1. The van der Waals surface area contributed by atoms with E-state index >= 15 is 0 Å². The molecule has 4 aromatic rings. The van der Waals surface area contributed by atoms with E-state index in [4.69, 9.17) is 4.74 Å². The second kappa shape index (κ2) is 10.4. The van der Waals surface area contributed by atoms with E-state index in [1.54, 1.807) is 33.3 Å². The molecule has 8 nitrogen and oxygen atoms in total. The number of alkyl carbamates (subject to hydrolysis) is 1. The Morgan fingerprint density at radius 1 is 0.943 bits per heavy atom. The second-order valence-corrected chi connectivity index (χ2v) is 9.23. The van der Waals surface area contributed by atoms with Crippen molar-refractivity contribution in [3.63, 3.8) is 0 Å². The van der Waals surface area contributed by atoms with Crippen molar-refractivity contribution in [2.24, 2.45) is 0 Å². The van der Waals surface area contributed by atoms with E-state index in [0.717, 1.165) is 28.0 Å². The van der Waals surface area contributed by atoms with E-state index in [0.29, 0.717) is 6.42 Å². The molecule has 0 spiro atoms. The largest absolute Gasteiger partial charge is 0.444 e. The third-order valence-corrected chi connectivity index (χ3v) is 5.27. The number of amides is 2. The van der Waals surface area contributed by atoms with Crippen LogP contribution in [0.4, 0.5) is 4.79 Å². The van der Waals surface area contributed by atoms with Gasteiger partial charge >= 0.3 is 6.09 Å². The number of carbonyl (C=O) groups is 2. The molecule has 0 bridgehead atoms. The number of hydrogen-bond donors (Lipinski definition) is 2. The molecule has 0 saturated heterocycles. The van der Waals surface area contributed by atoms with Gasteiger partial charge in [0.15, 0.2) is 0 Å². The van der Waals surface area contributed by atoms with Gasteiger partial charge in [-0.2, -0.15) is 0 Å². The summed E-state index contributed by atoms with van der Waals surface area (Å²) in [4.78, 5) is 34.3. The highest BCUT2D eigenvalue weighted by atomic mass is 16.6. The molecule has 2 aromatic heterocycles. The van der Waals surface area contributed by atoms with Crippen molar-refractivity contribution in [3.8, 4) is 5.82 Å². The molecule has 1 unspecified atom stereocenters. The molecule has 0 fully saturated rings. The molecule has 1 atom stereocenters. The lowest BCUT2D eigenvalue weighted by Gasteiger charge is -2.23. The van der Waals surface area contributed by atoms with Crippen LogP contribution in [0.2, 0.25) is 0 Å². The molecule has 35 heavy (non-hydrogen) atoms. The molecule has 180 valence electrons. The van der Waals surface area contributed by atoms with E-state index in [-0.39, 0.29) is 12.5 Å². The van der Waals surface area contributed by atoms with Crippen molar-refractivity contribution in [2.45, 2.75) is 45.4 Å². The number of aromatic nitrogens is 3. The van der Waals surface area contributed by atoms with E-state index in [1.807, 2.05) is 71.3 Å². The fourth-order valence-electron chi connectivity index (χ4n) is 3.63. The summed E-state index contributed by atoms with van der Waals surface area (Å²) in [6, 6.07) is 20.4. The average molecular weight is 472 g/mol. The first-order chi connectivity index (χ1) is 16.8. The number of carbonyl (C=O) groups excluding carboxylic acids is 2. The second-order valence-electron chi connectivity index (χ2n) is 9.23. The zero-order valence-electron chi connectivity index (χ0n) is 20.1. The molecular formula is C27H29N5O3. The van der Waals surface area contributed by atoms with E-state index in [1.165, 1.54) is 0 Å². The number of pyridine rings is 1. The Bertz CT molecular complexity index is 1290. The van der Waals surface area contributed by atoms with Crippen molar-refractivity contribution in [1.82, 2.24) is 25.2 Å². The van der Waals surface area contributed by atoms with Crippen LogP contribution < -0.4 is 10.6 Å². The summed E-state index contributed by atoms with van der Waals surface area (Å²) >= 11 is 0. The smallest absolute Gasteiger partial charge is 0.408 e. The molecule has 0 aliphatic heterocycles. The van der Waals surface area contributed by atoms with Gasteiger partial charge in [-0.25, -0.2) is 14.8 Å². The summed E-state index contributed by atoms with van der Waals surface area (Å²) in [7, 11) is 0. The number of nitrogens with zero attached hydrogens (tertiary/aromatic N) is 3. The van der Waals surface area contributed by atoms with Gasteiger partial charge in [0.2, 0.25) is 5.91 Å². The van der Waals surface area contributed by atoms with Gasteiger partial charge < -0.3 is 15.4 Å². The lowest BCUT2D eigenvalue weighted by Crippen LogP contribution is -2.49. The normalized spacial score (nSPS) is 12.2. The topological polar surface area (TPSA) is 98.1 Å². The summed E-state index contributed by atoms with van der Waals surface area (Å²) in [6.45, 7) is 5.62. The molecule has 2 heterocycles. The number of ether oxygens (including phenoxy) is 1. The Labute approximate surface area is 204 Å². The number of fused-ring (bicyclic) bond motifs is 1. The summed E-state index contributed by atoms with van der Waals surface area (Å²) < 4.78 is 7.27. The van der Waals surface area contributed by atoms with E-state index in [9.17, 15) is 9.59 Å². The van der Waals surface area contributed by atoms with Gasteiger partial charge in [-0.1, -0.05) is 48.5 Å². The highest BCUT2D eigenvalue weighted by Crippen LogP contribution is 2.16. The Balaban J connectivity index is 1.42. The zero-order valence-corrected chi connectivity index (χ0v) is 20.1. The number of hydrogen-bond acceptors (Lipinski definition) is 5. The van der Waals surface area contributed by atoms with Crippen LogP contribution in [0.15, 0.2) is 79.3 Å². The van der Waals surface area contributed by atoms with Crippen molar-refractivity contribution in [3.05, 3.63) is 90.4 Å². The minimum Gasteiger partial charge on any atom is -0.444 e. The van der Waals surface area contributed by atoms with Gasteiger partial charge in [0.1, 0.15) is 23.8 Å². The average Bonchev–Trinajstić information content (AvgIpc) is 3.26. The fourth-order valence-corrected chi connectivity index (χ4v) is 3.63. The Morgan fingerprint density at radius 3 is 2.40 bits per heavy atom. The maximum Gasteiger partial charge on any atom is 0.408 e. The van der Waals surface area contributed by atoms with Crippen LogP contribution in [-0.4, -0.2) is 38.2 Å². The molecule has 0 aliphatic rings. The number of benzene rings is 2. The minimum atomic E-state index is -0.781. The fraction of sp³-hybridized carbons (Fsp3) is 0.259. The van der Waals surface area contributed by atoms with Gasteiger partial charge in [-0.15, -0.1) is 0 Å². The molecule has 2 N–H and O–H groups in total. The first-order valence-electron chi connectivity index (χ1n) is 11.5. The highest BCUT2D eigenvalue weighted by molar-refractivity contribution is 5.86. The Hall–Kier alpha value is -4.20. The maximum atomic E-state index is 13.0. The van der Waals surface area contributed by atoms with Crippen molar-refractivity contribution in [1.29, 1.82) is 0 Å². The van der Waals surface area contributed by atoms with Crippen molar-refractivity contribution < 1.29 is 14.3 Å². The predicted octanol–water partition coefficient (Wildman–Crippen LogP) is 4.17. The molecule has 4 rings (SSSR count). The maximum absolute atomic E-state index is 13.0. The van der Waals surface area contributed by atoms with Crippen LogP contribution in [0, 0.1) is 0 Å². The summed E-state index contributed by atoms with van der Waals surface area (Å²) in [6.07, 6.45) is 3.17. The quantitative estimate of drug-likeness (QED) is 0.422.